The number of thiophene rings is 1. The molecule has 1 aromatic carbocycles. The van der Waals surface area contributed by atoms with E-state index in [4.69, 9.17) is 0 Å². The second-order valence-electron chi connectivity index (χ2n) is 7.11. The zero-order valence-electron chi connectivity index (χ0n) is 17.1. The van der Waals surface area contributed by atoms with Crippen LogP contribution in [-0.2, 0) is 29.5 Å². The minimum Gasteiger partial charge on any atom is -0.352 e. The molecule has 2 N–H and O–H groups in total. The molecule has 0 saturated carbocycles. The van der Waals surface area contributed by atoms with Crippen LogP contribution in [0.5, 0.6) is 0 Å². The monoisotopic (exact) mass is 434 g/mol. The quantitative estimate of drug-likeness (QED) is 0.518. The van der Waals surface area contributed by atoms with Crippen molar-refractivity contribution in [3.8, 4) is 0 Å². The van der Waals surface area contributed by atoms with E-state index in [0.717, 1.165) is 43.8 Å². The Morgan fingerprint density at radius 3 is 2.28 bits per heavy atom. The van der Waals surface area contributed by atoms with Crippen molar-refractivity contribution in [2.75, 3.05) is 20.1 Å². The van der Waals surface area contributed by atoms with Gasteiger partial charge in [0.1, 0.15) is 0 Å². The summed E-state index contributed by atoms with van der Waals surface area (Å²) in [4.78, 5) is 7.28. The van der Waals surface area contributed by atoms with Crippen LogP contribution < -0.4 is 10.6 Å². The van der Waals surface area contributed by atoms with E-state index < -0.39 is 10.0 Å². The van der Waals surface area contributed by atoms with Gasteiger partial charge in [0.05, 0.1) is 11.4 Å². The number of aliphatic imine (C=N–C) groups is 1. The van der Waals surface area contributed by atoms with Gasteiger partial charge in [-0.25, -0.2) is 8.42 Å². The molecule has 0 bridgehead atoms. The molecule has 0 spiro atoms. The summed E-state index contributed by atoms with van der Waals surface area (Å²) in [6, 6.07) is 11.4. The smallest absolute Gasteiger partial charge is 0.243 e. The Labute approximate surface area is 178 Å². The third-order valence-corrected chi connectivity index (χ3v) is 8.20. The average molecular weight is 435 g/mol. The lowest BCUT2D eigenvalue weighted by Crippen LogP contribution is -2.36. The van der Waals surface area contributed by atoms with Crippen molar-refractivity contribution in [2.24, 2.45) is 4.99 Å². The van der Waals surface area contributed by atoms with Gasteiger partial charge in [-0.2, -0.15) is 4.31 Å². The molecule has 0 atom stereocenters. The molecular weight excluding hydrogens is 404 g/mol. The summed E-state index contributed by atoms with van der Waals surface area (Å²) >= 11 is 1.81. The molecule has 158 valence electrons. The number of benzene rings is 1. The zero-order valence-corrected chi connectivity index (χ0v) is 18.8. The first kappa shape index (κ1) is 21.8. The van der Waals surface area contributed by atoms with Crippen LogP contribution in [0.1, 0.15) is 41.5 Å². The van der Waals surface area contributed by atoms with Crippen molar-refractivity contribution in [3.63, 3.8) is 0 Å². The Balaban J connectivity index is 1.53. The molecule has 1 aliphatic heterocycles. The maximum atomic E-state index is 12.7. The molecule has 0 aliphatic carbocycles. The van der Waals surface area contributed by atoms with Crippen LogP contribution in [0, 0.1) is 0 Å². The number of hydrogen-bond donors (Lipinski definition) is 2. The Morgan fingerprint density at radius 1 is 1.00 bits per heavy atom. The number of guanidine groups is 1. The fraction of sp³-hybridized carbons (Fsp3) is 0.476. The van der Waals surface area contributed by atoms with Crippen LogP contribution in [0.2, 0.25) is 0 Å². The molecule has 1 aromatic heterocycles. The zero-order chi connectivity index (χ0) is 20.7. The number of aryl methyl sites for hydroxylation is 1. The van der Waals surface area contributed by atoms with Crippen LogP contribution in [-0.4, -0.2) is 38.8 Å². The molecule has 0 amide bonds. The first-order valence-corrected chi connectivity index (χ1v) is 12.4. The molecule has 1 aliphatic rings. The number of nitrogens with zero attached hydrogens (tertiary/aromatic N) is 2. The van der Waals surface area contributed by atoms with Crippen LogP contribution in [0.15, 0.2) is 46.3 Å². The number of nitrogens with one attached hydrogen (secondary N) is 2. The van der Waals surface area contributed by atoms with Crippen molar-refractivity contribution in [1.29, 1.82) is 0 Å². The van der Waals surface area contributed by atoms with Gasteiger partial charge in [-0.15, -0.1) is 11.3 Å². The van der Waals surface area contributed by atoms with Crippen LogP contribution >= 0.6 is 11.3 Å². The first-order chi connectivity index (χ1) is 14.0. The molecule has 3 rings (SSSR count). The van der Waals surface area contributed by atoms with E-state index in [1.54, 1.807) is 23.5 Å². The van der Waals surface area contributed by atoms with E-state index in [2.05, 4.69) is 34.7 Å². The molecule has 8 heteroatoms. The van der Waals surface area contributed by atoms with E-state index in [1.165, 1.54) is 9.75 Å². The maximum absolute atomic E-state index is 12.7. The number of piperidine rings is 1. The van der Waals surface area contributed by atoms with Crippen molar-refractivity contribution in [3.05, 3.63) is 51.7 Å². The highest BCUT2D eigenvalue weighted by molar-refractivity contribution is 7.89. The van der Waals surface area contributed by atoms with Gasteiger partial charge in [-0.05, 0) is 49.1 Å². The Morgan fingerprint density at radius 2 is 1.66 bits per heavy atom. The fourth-order valence-corrected chi connectivity index (χ4v) is 5.73. The topological polar surface area (TPSA) is 73.8 Å². The SMILES string of the molecule is CCc1ccc(CNC(=NC)NCc2ccc(S(=O)(=O)N3CCCCC3)cc2)s1. The maximum Gasteiger partial charge on any atom is 0.243 e. The van der Waals surface area contributed by atoms with Gasteiger partial charge in [0.2, 0.25) is 10.0 Å². The summed E-state index contributed by atoms with van der Waals surface area (Å²) in [6.07, 6.45) is 4.05. The lowest BCUT2D eigenvalue weighted by atomic mass is 10.2. The Bertz CT molecular complexity index is 914. The first-order valence-electron chi connectivity index (χ1n) is 10.1. The minimum absolute atomic E-state index is 0.370. The predicted molar refractivity (Wildman–Crippen MR) is 120 cm³/mol. The van der Waals surface area contributed by atoms with Crippen molar-refractivity contribution >= 4 is 27.3 Å². The van der Waals surface area contributed by atoms with Crippen molar-refractivity contribution < 1.29 is 8.42 Å². The van der Waals surface area contributed by atoms with Crippen molar-refractivity contribution in [1.82, 2.24) is 14.9 Å². The van der Waals surface area contributed by atoms with E-state index in [-0.39, 0.29) is 0 Å². The van der Waals surface area contributed by atoms with Gasteiger partial charge in [0.15, 0.2) is 5.96 Å². The lowest BCUT2D eigenvalue weighted by molar-refractivity contribution is 0.346. The second-order valence-corrected chi connectivity index (χ2v) is 10.3. The van der Waals surface area contributed by atoms with E-state index in [9.17, 15) is 8.42 Å². The molecule has 1 fully saturated rings. The third kappa shape index (κ3) is 5.81. The Kier molecular flexibility index (Phi) is 7.69. The number of sulfonamides is 1. The summed E-state index contributed by atoms with van der Waals surface area (Å²) in [5.74, 6) is 0.724. The summed E-state index contributed by atoms with van der Waals surface area (Å²) in [5, 5.41) is 6.60. The highest BCUT2D eigenvalue weighted by atomic mass is 32.2. The van der Waals surface area contributed by atoms with E-state index in [1.807, 2.05) is 23.5 Å². The highest BCUT2D eigenvalue weighted by Gasteiger charge is 2.25. The minimum atomic E-state index is -3.38. The molecule has 1 saturated heterocycles. The molecular formula is C21H30N4O2S2. The van der Waals surface area contributed by atoms with Crippen molar-refractivity contribution in [2.45, 2.75) is 50.6 Å². The summed E-state index contributed by atoms with van der Waals surface area (Å²) in [6.45, 7) is 4.72. The van der Waals surface area contributed by atoms with Crippen LogP contribution in [0.3, 0.4) is 0 Å². The van der Waals surface area contributed by atoms with Gasteiger partial charge in [-0.3, -0.25) is 4.99 Å². The van der Waals surface area contributed by atoms with Gasteiger partial charge in [0, 0.05) is 36.4 Å². The number of rotatable bonds is 7. The normalized spacial score (nSPS) is 16.0. The Hall–Kier alpha value is -1.90. The molecule has 6 nitrogen and oxygen atoms in total. The van der Waals surface area contributed by atoms with Gasteiger partial charge < -0.3 is 10.6 Å². The summed E-state index contributed by atoms with van der Waals surface area (Å²) < 4.78 is 27.1. The van der Waals surface area contributed by atoms with Gasteiger partial charge >= 0.3 is 0 Å². The molecule has 0 radical (unpaired) electrons. The largest absolute Gasteiger partial charge is 0.352 e. The lowest BCUT2D eigenvalue weighted by Gasteiger charge is -2.25. The second kappa shape index (κ2) is 10.2. The molecule has 2 aromatic rings. The average Bonchev–Trinajstić information content (AvgIpc) is 3.23. The predicted octanol–water partition coefficient (Wildman–Crippen LogP) is 3.35. The molecule has 0 unspecified atom stereocenters. The van der Waals surface area contributed by atoms with Gasteiger partial charge in [0.25, 0.3) is 0 Å². The van der Waals surface area contributed by atoms with Crippen LogP contribution in [0.25, 0.3) is 0 Å². The molecule has 2 heterocycles. The fourth-order valence-electron chi connectivity index (χ4n) is 3.32. The molecule has 29 heavy (non-hydrogen) atoms. The highest BCUT2D eigenvalue weighted by Crippen LogP contribution is 2.21. The standard InChI is InChI=1S/C21H30N4O2S2/c1-3-18-9-10-19(28-18)16-24-21(22-2)23-15-17-7-11-20(12-8-17)29(26,27)25-13-5-4-6-14-25/h7-12H,3-6,13-16H2,1-2H3,(H2,22,23,24). The van der Waals surface area contributed by atoms with E-state index >= 15 is 0 Å². The summed E-state index contributed by atoms with van der Waals surface area (Å²) in [7, 11) is -1.63. The van der Waals surface area contributed by atoms with Crippen LogP contribution in [0.4, 0.5) is 0 Å². The van der Waals surface area contributed by atoms with E-state index in [0.29, 0.717) is 24.5 Å². The summed E-state index contributed by atoms with van der Waals surface area (Å²) in [5.41, 5.74) is 1.01. The third-order valence-electron chi connectivity index (χ3n) is 5.06. The number of hydrogen-bond acceptors (Lipinski definition) is 4. The van der Waals surface area contributed by atoms with Gasteiger partial charge in [-0.1, -0.05) is 25.5 Å².